The second-order valence-electron chi connectivity index (χ2n) is 5.68. The fourth-order valence-corrected chi connectivity index (χ4v) is 3.10. The Kier molecular flexibility index (Phi) is 4.54. The molecular weight excluding hydrogens is 316 g/mol. The number of anilines is 1. The Balaban J connectivity index is 1.74. The average molecular weight is 334 g/mol. The summed E-state index contributed by atoms with van der Waals surface area (Å²) in [7, 11) is -1.59. The number of aromatic nitrogens is 2. The third-order valence-electron chi connectivity index (χ3n) is 4.17. The Morgan fingerprint density at radius 3 is 2.48 bits per heavy atom. The highest BCUT2D eigenvalue weighted by Crippen LogP contribution is 2.34. The lowest BCUT2D eigenvalue weighted by atomic mass is 9.82. The number of piperidine rings is 1. The smallest absolute Gasteiger partial charge is 0.423 e. The number of hydrogen-bond acceptors (Lipinski definition) is 6. The normalized spacial score (nSPS) is 17.1. The van der Waals surface area contributed by atoms with E-state index in [9.17, 15) is 5.11 Å². The van der Waals surface area contributed by atoms with Gasteiger partial charge < -0.3 is 20.1 Å². The highest BCUT2D eigenvalue weighted by Gasteiger charge is 2.36. The van der Waals surface area contributed by atoms with Crippen LogP contribution in [0.25, 0.3) is 0 Å². The summed E-state index contributed by atoms with van der Waals surface area (Å²) in [4.78, 5) is 10.5. The fraction of sp³-hybridized carbons (Fsp3) is 0.333. The summed E-state index contributed by atoms with van der Waals surface area (Å²) in [6.45, 7) is 1.17. The van der Waals surface area contributed by atoms with Gasteiger partial charge in [0, 0.05) is 30.9 Å². The number of pyridine rings is 2. The molecule has 0 aromatic carbocycles. The van der Waals surface area contributed by atoms with Gasteiger partial charge in [-0.3, -0.25) is 4.98 Å². The van der Waals surface area contributed by atoms with E-state index in [0.29, 0.717) is 42.5 Å². The van der Waals surface area contributed by atoms with Gasteiger partial charge in [0.15, 0.2) is 0 Å². The van der Waals surface area contributed by atoms with E-state index in [-0.39, 0.29) is 5.46 Å². The van der Waals surface area contributed by atoms with E-state index in [1.807, 2.05) is 23.1 Å². The first-order valence-corrected chi connectivity index (χ1v) is 7.78. The van der Waals surface area contributed by atoms with Crippen LogP contribution < -0.4 is 10.4 Å². The van der Waals surface area contributed by atoms with Crippen molar-refractivity contribution >= 4 is 30.0 Å². The van der Waals surface area contributed by atoms with Gasteiger partial charge in [0.1, 0.15) is 11.4 Å². The van der Waals surface area contributed by atoms with Crippen LogP contribution in [0.4, 0.5) is 5.82 Å². The molecule has 6 nitrogen and oxygen atoms in total. The molecule has 2 aromatic heterocycles. The number of rotatable bonds is 3. The Morgan fingerprint density at radius 1 is 1.17 bits per heavy atom. The molecule has 0 bridgehead atoms. The molecule has 1 fully saturated rings. The maximum atomic E-state index is 10.8. The minimum atomic E-state index is -1.59. The van der Waals surface area contributed by atoms with Crippen molar-refractivity contribution in [3.63, 3.8) is 0 Å². The highest BCUT2D eigenvalue weighted by molar-refractivity contribution is 6.59. The summed E-state index contributed by atoms with van der Waals surface area (Å²) < 4.78 is 0. The molecular formula is C15H17BClN3O3. The first kappa shape index (κ1) is 16.2. The van der Waals surface area contributed by atoms with E-state index in [0.717, 1.165) is 0 Å². The molecule has 120 valence electrons. The predicted molar refractivity (Wildman–Crippen MR) is 88.7 cm³/mol. The van der Waals surface area contributed by atoms with Gasteiger partial charge in [0.05, 0.1) is 10.7 Å². The van der Waals surface area contributed by atoms with Crippen LogP contribution in [0.2, 0.25) is 5.02 Å². The number of halogens is 1. The Morgan fingerprint density at radius 2 is 1.91 bits per heavy atom. The average Bonchev–Trinajstić information content (AvgIpc) is 2.56. The van der Waals surface area contributed by atoms with Crippen molar-refractivity contribution in [2.45, 2.75) is 18.4 Å². The summed E-state index contributed by atoms with van der Waals surface area (Å²) in [5.74, 6) is 0.583. The van der Waals surface area contributed by atoms with Crippen LogP contribution in [-0.4, -0.2) is 45.3 Å². The van der Waals surface area contributed by atoms with Crippen LogP contribution in [0.1, 0.15) is 18.5 Å². The standard InChI is InChI=1S/C15H17BClN3O3/c17-12-9-11(16(22)23)10-19-14(12)20-7-4-15(21,5-8-20)13-3-1-2-6-18-13/h1-3,6,9-10,21-23H,4-5,7-8H2. The van der Waals surface area contributed by atoms with Gasteiger partial charge in [-0.2, -0.15) is 0 Å². The molecule has 0 atom stereocenters. The Hall–Kier alpha value is -1.67. The minimum absolute atomic E-state index is 0.251. The van der Waals surface area contributed by atoms with Crippen molar-refractivity contribution in [3.05, 3.63) is 47.4 Å². The van der Waals surface area contributed by atoms with Gasteiger partial charge in [-0.25, -0.2) is 4.98 Å². The minimum Gasteiger partial charge on any atom is -0.423 e. The second-order valence-corrected chi connectivity index (χ2v) is 6.09. The molecule has 2 aromatic rings. The van der Waals surface area contributed by atoms with E-state index in [1.54, 1.807) is 6.20 Å². The van der Waals surface area contributed by atoms with Gasteiger partial charge in [-0.05, 0) is 31.0 Å². The zero-order valence-corrected chi connectivity index (χ0v) is 13.2. The lowest BCUT2D eigenvalue weighted by Crippen LogP contribution is -2.43. The quantitative estimate of drug-likeness (QED) is 0.700. The maximum absolute atomic E-state index is 10.8. The maximum Gasteiger partial charge on any atom is 0.490 e. The first-order valence-electron chi connectivity index (χ1n) is 7.40. The summed E-state index contributed by atoms with van der Waals surface area (Å²) in [5.41, 5.74) is -0.0101. The van der Waals surface area contributed by atoms with Crippen LogP contribution in [0.3, 0.4) is 0 Å². The molecule has 0 spiro atoms. The van der Waals surface area contributed by atoms with Crippen LogP contribution in [0, 0.1) is 0 Å². The molecule has 0 aliphatic carbocycles. The van der Waals surface area contributed by atoms with Crippen molar-refractivity contribution in [3.8, 4) is 0 Å². The molecule has 1 aliphatic heterocycles. The molecule has 0 saturated carbocycles. The summed E-state index contributed by atoms with van der Waals surface area (Å²) in [6.07, 6.45) is 4.11. The summed E-state index contributed by atoms with van der Waals surface area (Å²) in [6, 6.07) is 7.01. The largest absolute Gasteiger partial charge is 0.490 e. The van der Waals surface area contributed by atoms with Crippen LogP contribution in [0.5, 0.6) is 0 Å². The van der Waals surface area contributed by atoms with Crippen molar-refractivity contribution in [1.29, 1.82) is 0 Å². The van der Waals surface area contributed by atoms with Crippen LogP contribution in [0.15, 0.2) is 36.7 Å². The molecule has 1 saturated heterocycles. The molecule has 3 heterocycles. The second kappa shape index (κ2) is 6.45. The SMILES string of the molecule is OB(O)c1cnc(N2CCC(O)(c3ccccn3)CC2)c(Cl)c1. The lowest BCUT2D eigenvalue weighted by Gasteiger charge is -2.38. The van der Waals surface area contributed by atoms with E-state index in [1.165, 1.54) is 12.3 Å². The van der Waals surface area contributed by atoms with E-state index < -0.39 is 12.7 Å². The lowest BCUT2D eigenvalue weighted by molar-refractivity contribution is 0.00750. The van der Waals surface area contributed by atoms with Crippen molar-refractivity contribution in [2.24, 2.45) is 0 Å². The molecule has 0 unspecified atom stereocenters. The summed E-state index contributed by atoms with van der Waals surface area (Å²) >= 11 is 6.19. The molecule has 3 N–H and O–H groups in total. The van der Waals surface area contributed by atoms with E-state index >= 15 is 0 Å². The fourth-order valence-electron chi connectivity index (χ4n) is 2.80. The summed E-state index contributed by atoms with van der Waals surface area (Å²) in [5, 5.41) is 29.4. The topological polar surface area (TPSA) is 89.7 Å². The number of hydrogen-bond donors (Lipinski definition) is 3. The predicted octanol–water partition coefficient (Wildman–Crippen LogP) is 0.298. The van der Waals surface area contributed by atoms with E-state index in [4.69, 9.17) is 21.6 Å². The Bertz CT molecular complexity index is 679. The van der Waals surface area contributed by atoms with Gasteiger partial charge in [0.25, 0.3) is 0 Å². The van der Waals surface area contributed by atoms with Crippen LogP contribution in [-0.2, 0) is 5.60 Å². The van der Waals surface area contributed by atoms with E-state index in [2.05, 4.69) is 9.97 Å². The zero-order valence-electron chi connectivity index (χ0n) is 12.4. The first-order chi connectivity index (χ1) is 11.0. The number of aliphatic hydroxyl groups is 1. The molecule has 23 heavy (non-hydrogen) atoms. The monoisotopic (exact) mass is 333 g/mol. The van der Waals surface area contributed by atoms with Crippen molar-refractivity contribution < 1.29 is 15.2 Å². The third-order valence-corrected chi connectivity index (χ3v) is 4.45. The third kappa shape index (κ3) is 3.33. The molecule has 0 amide bonds. The van der Waals surface area contributed by atoms with Crippen molar-refractivity contribution in [2.75, 3.05) is 18.0 Å². The van der Waals surface area contributed by atoms with Gasteiger partial charge in [-0.1, -0.05) is 17.7 Å². The van der Waals surface area contributed by atoms with Gasteiger partial charge in [-0.15, -0.1) is 0 Å². The Labute approximate surface area is 139 Å². The van der Waals surface area contributed by atoms with Gasteiger partial charge >= 0.3 is 7.12 Å². The van der Waals surface area contributed by atoms with Crippen LogP contribution >= 0.6 is 11.6 Å². The number of nitrogens with zero attached hydrogens (tertiary/aromatic N) is 3. The van der Waals surface area contributed by atoms with Gasteiger partial charge in [0.2, 0.25) is 0 Å². The molecule has 8 heteroatoms. The molecule has 1 aliphatic rings. The highest BCUT2D eigenvalue weighted by atomic mass is 35.5. The zero-order chi connectivity index (χ0) is 16.4. The molecule has 0 radical (unpaired) electrons. The van der Waals surface area contributed by atoms with Crippen molar-refractivity contribution in [1.82, 2.24) is 9.97 Å². The molecule has 3 rings (SSSR count).